The van der Waals surface area contributed by atoms with Crippen LogP contribution < -0.4 is 21.9 Å². The summed E-state index contributed by atoms with van der Waals surface area (Å²) in [4.78, 5) is 11.6. The number of carbonyl (C=O) groups is 1. The maximum atomic E-state index is 12.3. The Bertz CT molecular complexity index is 1170. The number of rotatable bonds is 5. The largest absolute Gasteiger partial charge is 0.398 e. The molecule has 0 aromatic heterocycles. The van der Waals surface area contributed by atoms with Crippen molar-refractivity contribution in [2.45, 2.75) is 4.90 Å². The van der Waals surface area contributed by atoms with Crippen molar-refractivity contribution in [3.63, 3.8) is 0 Å². The van der Waals surface area contributed by atoms with Gasteiger partial charge in [-0.15, -0.1) is 0 Å². The van der Waals surface area contributed by atoms with Crippen molar-refractivity contribution >= 4 is 44.6 Å². The molecule has 0 radical (unpaired) electrons. The van der Waals surface area contributed by atoms with Gasteiger partial charge in [0.2, 0.25) is 10.0 Å². The van der Waals surface area contributed by atoms with Crippen LogP contribution >= 0.6 is 11.6 Å². The third-order valence-corrected chi connectivity index (χ3v) is 5.27. The van der Waals surface area contributed by atoms with Gasteiger partial charge in [-0.2, -0.15) is 0 Å². The highest BCUT2D eigenvalue weighted by Crippen LogP contribution is 2.39. The highest BCUT2D eigenvalue weighted by atomic mass is 35.5. The molecule has 3 aromatic rings. The van der Waals surface area contributed by atoms with E-state index in [2.05, 4.69) is 5.32 Å². The molecule has 0 aliphatic rings. The van der Waals surface area contributed by atoms with E-state index in [9.17, 15) is 13.2 Å². The molecule has 0 aliphatic heterocycles. The fourth-order valence-corrected chi connectivity index (χ4v) is 3.99. The third-order valence-electron chi connectivity index (χ3n) is 4.04. The molecule has 0 bridgehead atoms. The highest BCUT2D eigenvalue weighted by molar-refractivity contribution is 7.89. The van der Waals surface area contributed by atoms with Crippen molar-refractivity contribution in [2.75, 3.05) is 11.1 Å². The molecule has 3 rings (SSSR count). The number of anilines is 3. The number of carbonyl (C=O) groups excluding carboxylic acids is 1. The average molecular weight is 417 g/mol. The van der Waals surface area contributed by atoms with Gasteiger partial charge in [0.05, 0.1) is 16.9 Å². The van der Waals surface area contributed by atoms with Crippen LogP contribution in [0.1, 0.15) is 10.4 Å². The molecule has 0 saturated carbocycles. The summed E-state index contributed by atoms with van der Waals surface area (Å²) in [6, 6.07) is 17.1. The Morgan fingerprint density at radius 1 is 1.00 bits per heavy atom. The Morgan fingerprint density at radius 3 is 2.25 bits per heavy atom. The number of nitrogen functional groups attached to an aromatic ring is 1. The van der Waals surface area contributed by atoms with Crippen LogP contribution in [-0.2, 0) is 10.0 Å². The van der Waals surface area contributed by atoms with Gasteiger partial charge in [-0.3, -0.25) is 4.79 Å². The summed E-state index contributed by atoms with van der Waals surface area (Å²) in [6.45, 7) is 0. The zero-order chi connectivity index (χ0) is 20.5. The fraction of sp³-hybridized carbons (Fsp3) is 0. The normalized spacial score (nSPS) is 11.2. The van der Waals surface area contributed by atoms with Crippen LogP contribution in [-0.4, -0.2) is 14.3 Å². The van der Waals surface area contributed by atoms with Crippen LogP contribution in [0.2, 0.25) is 5.02 Å². The Morgan fingerprint density at radius 2 is 1.68 bits per heavy atom. The molecule has 3 aromatic carbocycles. The second kappa shape index (κ2) is 7.51. The van der Waals surface area contributed by atoms with Crippen LogP contribution in [0.25, 0.3) is 11.1 Å². The SMILES string of the molecule is NC(=O)c1c(N)c(-c2ccccc2)cc(Nc2cccc(Cl)c2)c1S(N)(=O)=O. The van der Waals surface area contributed by atoms with Crippen LogP contribution in [0.3, 0.4) is 0 Å². The monoisotopic (exact) mass is 416 g/mol. The molecule has 1 amide bonds. The van der Waals surface area contributed by atoms with Crippen molar-refractivity contribution in [2.24, 2.45) is 10.9 Å². The summed E-state index contributed by atoms with van der Waals surface area (Å²) >= 11 is 6.00. The van der Waals surface area contributed by atoms with Gasteiger partial charge < -0.3 is 16.8 Å². The predicted molar refractivity (Wildman–Crippen MR) is 111 cm³/mol. The minimum absolute atomic E-state index is 0.0617. The van der Waals surface area contributed by atoms with E-state index in [-0.39, 0.29) is 16.9 Å². The molecule has 9 heteroatoms. The lowest BCUT2D eigenvalue weighted by molar-refractivity contribution is 0.0998. The molecule has 7 nitrogen and oxygen atoms in total. The highest BCUT2D eigenvalue weighted by Gasteiger charge is 2.27. The van der Waals surface area contributed by atoms with Crippen molar-refractivity contribution in [1.82, 2.24) is 0 Å². The maximum Gasteiger partial charge on any atom is 0.252 e. The number of sulfonamides is 1. The number of hydrogen-bond acceptors (Lipinski definition) is 5. The van der Waals surface area contributed by atoms with E-state index >= 15 is 0 Å². The van der Waals surface area contributed by atoms with E-state index in [1.807, 2.05) is 6.07 Å². The van der Waals surface area contributed by atoms with Gasteiger partial charge in [-0.25, -0.2) is 13.6 Å². The van der Waals surface area contributed by atoms with Gasteiger partial charge in [0.15, 0.2) is 0 Å². The van der Waals surface area contributed by atoms with Gasteiger partial charge >= 0.3 is 0 Å². The van der Waals surface area contributed by atoms with Gasteiger partial charge in [0.1, 0.15) is 4.90 Å². The number of hydrogen-bond donors (Lipinski definition) is 4. The fourth-order valence-electron chi connectivity index (χ4n) is 2.89. The van der Waals surface area contributed by atoms with E-state index in [0.29, 0.717) is 21.8 Å². The van der Waals surface area contributed by atoms with E-state index in [0.717, 1.165) is 0 Å². The number of halogens is 1. The topological polar surface area (TPSA) is 141 Å². The molecular formula is C19H17ClN4O3S. The lowest BCUT2D eigenvalue weighted by Gasteiger charge is -2.19. The van der Waals surface area contributed by atoms with Gasteiger partial charge in [0.25, 0.3) is 5.91 Å². The molecule has 0 unspecified atom stereocenters. The summed E-state index contributed by atoms with van der Waals surface area (Å²) in [5.74, 6) is -1.01. The summed E-state index contributed by atoms with van der Waals surface area (Å²) < 4.78 is 24.6. The van der Waals surface area contributed by atoms with E-state index in [1.54, 1.807) is 48.5 Å². The van der Waals surface area contributed by atoms with E-state index in [1.165, 1.54) is 6.07 Å². The molecule has 0 fully saturated rings. The van der Waals surface area contributed by atoms with Crippen LogP contribution in [0.15, 0.2) is 65.6 Å². The first-order chi connectivity index (χ1) is 13.2. The Labute approximate surface area is 167 Å². The number of nitrogens with two attached hydrogens (primary N) is 3. The maximum absolute atomic E-state index is 12.3. The minimum Gasteiger partial charge on any atom is -0.398 e. The second-order valence-electron chi connectivity index (χ2n) is 6.00. The van der Waals surface area contributed by atoms with Crippen LogP contribution in [0, 0.1) is 0 Å². The number of nitrogens with one attached hydrogen (secondary N) is 1. The standard InChI is InChI=1S/C19H17ClN4O3S/c20-12-7-4-8-13(9-12)24-15-10-14(11-5-2-1-3-6-11)17(21)16(19(22)25)18(15)28(23,26)27/h1-10,24H,21H2,(H2,22,25)(H2,23,26,27). The number of primary amides is 1. The van der Waals surface area contributed by atoms with Gasteiger partial charge in [0, 0.05) is 16.3 Å². The van der Waals surface area contributed by atoms with Crippen LogP contribution in [0.4, 0.5) is 17.1 Å². The third kappa shape index (κ3) is 3.94. The average Bonchev–Trinajstić information content (AvgIpc) is 2.62. The minimum atomic E-state index is -4.34. The molecular weight excluding hydrogens is 400 g/mol. The summed E-state index contributed by atoms with van der Waals surface area (Å²) in [7, 11) is -4.34. The predicted octanol–water partition coefficient (Wildman–Crippen LogP) is 3.08. The first-order valence-electron chi connectivity index (χ1n) is 8.05. The van der Waals surface area contributed by atoms with Crippen molar-refractivity contribution < 1.29 is 13.2 Å². The van der Waals surface area contributed by atoms with Gasteiger partial charge in [-0.1, -0.05) is 48.0 Å². The molecule has 0 saturated heterocycles. The zero-order valence-corrected chi connectivity index (χ0v) is 16.1. The van der Waals surface area contributed by atoms with Crippen molar-refractivity contribution in [3.8, 4) is 11.1 Å². The number of amides is 1. The molecule has 0 spiro atoms. The summed E-state index contributed by atoms with van der Waals surface area (Å²) in [5, 5.41) is 8.77. The number of benzene rings is 3. The molecule has 28 heavy (non-hydrogen) atoms. The lowest BCUT2D eigenvalue weighted by Crippen LogP contribution is -2.24. The molecule has 0 heterocycles. The molecule has 144 valence electrons. The summed E-state index contributed by atoms with van der Waals surface area (Å²) in [6.07, 6.45) is 0. The molecule has 0 atom stereocenters. The van der Waals surface area contributed by atoms with Gasteiger partial charge in [-0.05, 0) is 29.8 Å². The van der Waals surface area contributed by atoms with Crippen molar-refractivity contribution in [3.05, 3.63) is 71.2 Å². The first-order valence-corrected chi connectivity index (χ1v) is 9.98. The molecule has 7 N–H and O–H groups in total. The Hall–Kier alpha value is -3.07. The Balaban J connectivity index is 2.35. The lowest BCUT2D eigenvalue weighted by atomic mass is 9.98. The summed E-state index contributed by atoms with van der Waals surface area (Å²) in [5.41, 5.74) is 12.8. The van der Waals surface area contributed by atoms with Crippen LogP contribution in [0.5, 0.6) is 0 Å². The number of primary sulfonamides is 1. The van der Waals surface area contributed by atoms with E-state index < -0.39 is 20.8 Å². The van der Waals surface area contributed by atoms with Crippen molar-refractivity contribution in [1.29, 1.82) is 0 Å². The zero-order valence-electron chi connectivity index (χ0n) is 14.5. The Kier molecular flexibility index (Phi) is 5.28. The van der Waals surface area contributed by atoms with E-state index in [4.69, 9.17) is 28.2 Å². The second-order valence-corrected chi connectivity index (χ2v) is 7.93. The smallest absolute Gasteiger partial charge is 0.252 e. The molecule has 0 aliphatic carbocycles. The first kappa shape index (κ1) is 19.7. The quantitative estimate of drug-likeness (QED) is 0.473.